The number of nitrogens with zero attached hydrogens (tertiary/aromatic N) is 2. The number of hydrogen-bond acceptors (Lipinski definition) is 2. The number of aromatic nitrogens is 2. The zero-order valence-corrected chi connectivity index (χ0v) is 5.95. The van der Waals surface area contributed by atoms with E-state index in [9.17, 15) is 0 Å². The van der Waals surface area contributed by atoms with Crippen LogP contribution in [0.2, 0.25) is 0 Å². The number of aryl methyl sites for hydroxylation is 1. The summed E-state index contributed by atoms with van der Waals surface area (Å²) in [6.45, 7) is 3.93. The zero-order valence-electron chi connectivity index (χ0n) is 5.95. The van der Waals surface area contributed by atoms with Crippen LogP contribution in [0.4, 0.5) is 0 Å². The Labute approximate surface area is 59.6 Å². The molecule has 2 rings (SSSR count). The van der Waals surface area contributed by atoms with Crippen LogP contribution in [0.3, 0.4) is 0 Å². The van der Waals surface area contributed by atoms with Gasteiger partial charge in [-0.1, -0.05) is 0 Å². The summed E-state index contributed by atoms with van der Waals surface area (Å²) in [4.78, 5) is 4.19. The van der Waals surface area contributed by atoms with Crippen molar-refractivity contribution in [2.24, 2.45) is 0 Å². The molecule has 1 aromatic rings. The summed E-state index contributed by atoms with van der Waals surface area (Å²) in [5, 5.41) is 0. The molecule has 54 valence electrons. The Bertz CT molecular complexity index is 227. The van der Waals surface area contributed by atoms with Gasteiger partial charge in [0.05, 0.1) is 6.61 Å². The molecule has 1 atom stereocenters. The highest BCUT2D eigenvalue weighted by Crippen LogP contribution is 2.27. The first kappa shape index (κ1) is 5.92. The van der Waals surface area contributed by atoms with E-state index >= 15 is 0 Å². The van der Waals surface area contributed by atoms with E-state index in [2.05, 4.69) is 16.5 Å². The zero-order chi connectivity index (χ0) is 6.97. The third kappa shape index (κ3) is 0.827. The smallest absolute Gasteiger partial charge is 0.140 e. The number of ether oxygens (including phenoxy) is 1. The first-order valence-electron chi connectivity index (χ1n) is 3.54. The second-order valence-electron chi connectivity index (χ2n) is 2.39. The third-order valence-electron chi connectivity index (χ3n) is 1.71. The van der Waals surface area contributed by atoms with Crippen LogP contribution in [0, 0.1) is 0 Å². The normalized spacial score (nSPS) is 23.1. The van der Waals surface area contributed by atoms with Crippen molar-refractivity contribution in [2.75, 3.05) is 6.61 Å². The van der Waals surface area contributed by atoms with Crippen molar-refractivity contribution in [1.29, 1.82) is 0 Å². The minimum Gasteiger partial charge on any atom is -0.365 e. The Hall–Kier alpha value is -0.830. The molecule has 1 aliphatic heterocycles. The average molecular weight is 138 g/mol. The van der Waals surface area contributed by atoms with Gasteiger partial charge in [0, 0.05) is 18.9 Å². The van der Waals surface area contributed by atoms with Gasteiger partial charge in [-0.25, -0.2) is 4.98 Å². The lowest BCUT2D eigenvalue weighted by Gasteiger charge is -1.98. The largest absolute Gasteiger partial charge is 0.365 e. The molecule has 0 aliphatic carbocycles. The van der Waals surface area contributed by atoms with Crippen LogP contribution < -0.4 is 0 Å². The number of rotatable bonds is 2. The maximum Gasteiger partial charge on any atom is 0.140 e. The molecule has 1 aromatic heterocycles. The third-order valence-corrected chi connectivity index (χ3v) is 1.71. The Morgan fingerprint density at radius 3 is 3.30 bits per heavy atom. The SMILES string of the molecule is CCn1ccnc1C1CO1. The Morgan fingerprint density at radius 1 is 1.90 bits per heavy atom. The van der Waals surface area contributed by atoms with Crippen molar-refractivity contribution < 1.29 is 4.74 Å². The summed E-state index contributed by atoms with van der Waals surface area (Å²) in [6.07, 6.45) is 4.09. The molecule has 1 fully saturated rings. The lowest BCUT2D eigenvalue weighted by Crippen LogP contribution is -1.98. The Balaban J connectivity index is 2.28. The molecule has 0 aromatic carbocycles. The number of epoxide rings is 1. The van der Waals surface area contributed by atoms with Crippen molar-refractivity contribution in [3.63, 3.8) is 0 Å². The van der Waals surface area contributed by atoms with Gasteiger partial charge in [0.15, 0.2) is 0 Å². The summed E-state index contributed by atoms with van der Waals surface area (Å²) < 4.78 is 7.22. The molecule has 0 N–H and O–H groups in total. The fraction of sp³-hybridized carbons (Fsp3) is 0.571. The monoisotopic (exact) mass is 138 g/mol. The Kier molecular flexibility index (Phi) is 1.24. The van der Waals surface area contributed by atoms with E-state index in [1.807, 2.05) is 12.4 Å². The first-order valence-corrected chi connectivity index (χ1v) is 3.54. The molecule has 0 spiro atoms. The van der Waals surface area contributed by atoms with Crippen LogP contribution in [0.5, 0.6) is 0 Å². The minimum absolute atomic E-state index is 0.287. The first-order chi connectivity index (χ1) is 4.92. The van der Waals surface area contributed by atoms with Crippen LogP contribution in [-0.2, 0) is 11.3 Å². The molecule has 0 amide bonds. The number of hydrogen-bond donors (Lipinski definition) is 0. The van der Waals surface area contributed by atoms with E-state index in [4.69, 9.17) is 4.74 Å². The topological polar surface area (TPSA) is 30.4 Å². The van der Waals surface area contributed by atoms with Gasteiger partial charge in [-0.2, -0.15) is 0 Å². The minimum atomic E-state index is 0.287. The second-order valence-corrected chi connectivity index (χ2v) is 2.39. The van der Waals surface area contributed by atoms with E-state index < -0.39 is 0 Å². The van der Waals surface area contributed by atoms with Crippen molar-refractivity contribution in [3.05, 3.63) is 18.2 Å². The molecule has 1 saturated heterocycles. The highest BCUT2D eigenvalue weighted by Gasteiger charge is 2.28. The van der Waals surface area contributed by atoms with Crippen LogP contribution in [-0.4, -0.2) is 16.2 Å². The van der Waals surface area contributed by atoms with Gasteiger partial charge in [0.1, 0.15) is 11.9 Å². The van der Waals surface area contributed by atoms with E-state index in [1.165, 1.54) is 0 Å². The standard InChI is InChI=1S/C7H10N2O/c1-2-9-4-3-8-7(9)6-5-10-6/h3-4,6H,2,5H2,1H3. The van der Waals surface area contributed by atoms with E-state index in [0.29, 0.717) is 0 Å². The molecular formula is C7H10N2O. The molecule has 1 unspecified atom stereocenters. The van der Waals surface area contributed by atoms with Crippen molar-refractivity contribution in [1.82, 2.24) is 9.55 Å². The van der Waals surface area contributed by atoms with Gasteiger partial charge in [0.2, 0.25) is 0 Å². The summed E-state index contributed by atoms with van der Waals surface area (Å²) >= 11 is 0. The summed E-state index contributed by atoms with van der Waals surface area (Å²) in [7, 11) is 0. The van der Waals surface area contributed by atoms with Gasteiger partial charge in [-0.3, -0.25) is 0 Å². The highest BCUT2D eigenvalue weighted by molar-refractivity contribution is 5.01. The van der Waals surface area contributed by atoms with E-state index in [0.717, 1.165) is 19.0 Å². The second kappa shape index (κ2) is 2.09. The predicted molar refractivity (Wildman–Crippen MR) is 36.6 cm³/mol. The fourth-order valence-corrected chi connectivity index (χ4v) is 1.07. The lowest BCUT2D eigenvalue weighted by molar-refractivity contribution is 0.399. The van der Waals surface area contributed by atoms with Gasteiger partial charge < -0.3 is 9.30 Å². The molecule has 1 aliphatic rings. The lowest BCUT2D eigenvalue weighted by atomic mass is 10.4. The van der Waals surface area contributed by atoms with Crippen molar-refractivity contribution in [2.45, 2.75) is 19.6 Å². The van der Waals surface area contributed by atoms with Crippen molar-refractivity contribution in [3.8, 4) is 0 Å². The van der Waals surface area contributed by atoms with Crippen LogP contribution in [0.15, 0.2) is 12.4 Å². The molecule has 10 heavy (non-hydrogen) atoms. The summed E-state index contributed by atoms with van der Waals surface area (Å²) in [5.41, 5.74) is 0. The molecule has 3 heteroatoms. The van der Waals surface area contributed by atoms with Gasteiger partial charge in [0.25, 0.3) is 0 Å². The van der Waals surface area contributed by atoms with Crippen LogP contribution in [0.25, 0.3) is 0 Å². The molecular weight excluding hydrogens is 128 g/mol. The fourth-order valence-electron chi connectivity index (χ4n) is 1.07. The van der Waals surface area contributed by atoms with Crippen molar-refractivity contribution >= 4 is 0 Å². The van der Waals surface area contributed by atoms with Gasteiger partial charge in [-0.15, -0.1) is 0 Å². The molecule has 3 nitrogen and oxygen atoms in total. The average Bonchev–Trinajstić information content (AvgIpc) is 2.69. The maximum absolute atomic E-state index is 5.11. The van der Waals surface area contributed by atoms with Crippen LogP contribution in [0.1, 0.15) is 18.9 Å². The summed E-state index contributed by atoms with van der Waals surface area (Å²) in [6, 6.07) is 0. The molecule has 0 bridgehead atoms. The van der Waals surface area contributed by atoms with Crippen LogP contribution >= 0.6 is 0 Å². The van der Waals surface area contributed by atoms with Gasteiger partial charge >= 0.3 is 0 Å². The highest BCUT2D eigenvalue weighted by atomic mass is 16.6. The predicted octanol–water partition coefficient (Wildman–Crippen LogP) is 0.974. The summed E-state index contributed by atoms with van der Waals surface area (Å²) in [5.74, 6) is 1.07. The quantitative estimate of drug-likeness (QED) is 0.570. The molecule has 0 saturated carbocycles. The maximum atomic E-state index is 5.11. The van der Waals surface area contributed by atoms with E-state index in [1.54, 1.807) is 0 Å². The molecule has 2 heterocycles. The van der Waals surface area contributed by atoms with Gasteiger partial charge in [-0.05, 0) is 6.92 Å². The van der Waals surface area contributed by atoms with E-state index in [-0.39, 0.29) is 6.10 Å². The Morgan fingerprint density at radius 2 is 2.70 bits per heavy atom. The number of imidazole rings is 1. The molecule has 0 radical (unpaired) electrons.